The first-order chi connectivity index (χ1) is 29.6. The van der Waals surface area contributed by atoms with Crippen molar-refractivity contribution in [2.45, 2.75) is 69.5 Å². The summed E-state index contributed by atoms with van der Waals surface area (Å²) in [4.78, 5) is 66.9. The van der Waals surface area contributed by atoms with Crippen LogP contribution < -0.4 is 27.2 Å². The fraction of sp³-hybridized carbons (Fsp3) is 0.469. The van der Waals surface area contributed by atoms with Crippen LogP contribution in [0, 0.1) is 17.2 Å². The van der Waals surface area contributed by atoms with Gasteiger partial charge in [-0.15, -0.1) is 10.2 Å². The van der Waals surface area contributed by atoms with Gasteiger partial charge in [0.2, 0.25) is 11.9 Å². The smallest absolute Gasteiger partial charge is 0.327 e. The molecule has 31 heteroatoms. The largest absolute Gasteiger partial charge is 0.780 e. The normalized spacial score (nSPS) is 29.8. The zero-order valence-corrected chi connectivity index (χ0v) is 36.3. The predicted molar refractivity (Wildman–Crippen MR) is 217 cm³/mol. The molecule has 8 rings (SSSR count). The second kappa shape index (κ2) is 18.7. The van der Waals surface area contributed by atoms with Gasteiger partial charge < -0.3 is 43.9 Å². The number of alkyl halides is 2. The minimum absolute atomic E-state index is 0. The molecule has 25 nitrogen and oxygen atoms in total. The summed E-state index contributed by atoms with van der Waals surface area (Å²) in [6.07, 6.45) is -13.8. The molecule has 3 fully saturated rings. The average Bonchev–Trinajstić information content (AvgIpc) is 4.01. The van der Waals surface area contributed by atoms with E-state index in [9.17, 15) is 24.5 Å². The third-order valence-corrected chi connectivity index (χ3v) is 13.3. The number of rotatable bonds is 9. The summed E-state index contributed by atoms with van der Waals surface area (Å²) in [5, 5.41) is 30.1. The van der Waals surface area contributed by atoms with Gasteiger partial charge in [0.05, 0.1) is 32.3 Å². The summed E-state index contributed by atoms with van der Waals surface area (Å²) in [7, 11) is 0. The van der Waals surface area contributed by atoms with Crippen molar-refractivity contribution in [2.75, 3.05) is 30.5 Å². The predicted octanol–water partition coefficient (Wildman–Crippen LogP) is 2.00. The first-order valence-electron chi connectivity index (χ1n) is 18.4. The van der Waals surface area contributed by atoms with E-state index in [1.807, 2.05) is 6.07 Å². The number of H-pyrrole nitrogens is 1. The molecule has 0 radical (unpaired) electrons. The van der Waals surface area contributed by atoms with Gasteiger partial charge in [-0.2, -0.15) is 19.6 Å². The molecule has 10 atom stereocenters. The van der Waals surface area contributed by atoms with Crippen molar-refractivity contribution in [2.24, 2.45) is 5.92 Å². The SMILES string of the molecule is CC(C)C(=O)Nc1nc2c(nnn2[C@@H]2O[C@@H]3COP(=S)(OCCC#N)O[C@H]4[C@H](F)[C@H](n5nnc6c(NC(=O)c7ccccc7)ncnc65)O[C@@H]4COP([O-])(=S)O[C@H]2[C@@H]3F)c(=O)[nH]1.[NH4+]. The number of ether oxygens (including phenoxy) is 2. The number of fused-ring (bicyclic) bond motifs is 5. The number of carbonyl (C=O) groups excluding carboxylic acids is 2. The molecule has 7 N–H and O–H groups in total. The molecule has 336 valence electrons. The van der Waals surface area contributed by atoms with Crippen LogP contribution in [0.1, 0.15) is 43.1 Å². The Hall–Kier alpha value is -4.79. The maximum Gasteiger partial charge on any atom is 0.327 e. The third kappa shape index (κ3) is 9.54. The molecule has 3 aliphatic heterocycles. The Kier molecular flexibility index (Phi) is 13.7. The van der Waals surface area contributed by atoms with Crippen molar-refractivity contribution in [3.8, 4) is 6.07 Å². The molecular weight excluding hydrogens is 921 g/mol. The summed E-state index contributed by atoms with van der Waals surface area (Å²) < 4.78 is 75.8. The van der Waals surface area contributed by atoms with Gasteiger partial charge in [-0.3, -0.25) is 29.2 Å². The van der Waals surface area contributed by atoms with Gasteiger partial charge in [-0.25, -0.2) is 18.7 Å². The lowest BCUT2D eigenvalue weighted by Crippen LogP contribution is -2.35. The van der Waals surface area contributed by atoms with Gasteiger partial charge >= 0.3 is 6.72 Å². The lowest BCUT2D eigenvalue weighted by Gasteiger charge is -2.34. The van der Waals surface area contributed by atoms with Gasteiger partial charge in [0.15, 0.2) is 52.9 Å². The van der Waals surface area contributed by atoms with Crippen molar-refractivity contribution in [3.05, 3.63) is 52.6 Å². The molecule has 0 spiro atoms. The van der Waals surface area contributed by atoms with E-state index >= 15 is 8.78 Å². The molecule has 63 heavy (non-hydrogen) atoms. The topological polar surface area (TPSA) is 339 Å². The molecule has 2 bridgehead atoms. The minimum atomic E-state index is -4.79. The number of aromatic amines is 1. The molecule has 7 heterocycles. The van der Waals surface area contributed by atoms with Crippen molar-refractivity contribution < 1.29 is 55.4 Å². The Bertz CT molecular complexity index is 2710. The highest BCUT2D eigenvalue weighted by Gasteiger charge is 2.54. The molecule has 3 aliphatic rings. The second-order valence-corrected chi connectivity index (χ2v) is 19.6. The number of carbonyl (C=O) groups is 2. The number of benzene rings is 1. The fourth-order valence-electron chi connectivity index (χ4n) is 6.38. The second-order valence-electron chi connectivity index (χ2n) is 13.9. The Morgan fingerprint density at radius 3 is 2.41 bits per heavy atom. The summed E-state index contributed by atoms with van der Waals surface area (Å²) in [5.74, 6) is -1.86. The quantitative estimate of drug-likeness (QED) is 0.121. The highest BCUT2D eigenvalue weighted by atomic mass is 32.5. The minimum Gasteiger partial charge on any atom is -0.780 e. The van der Waals surface area contributed by atoms with Gasteiger partial charge in [-0.05, 0) is 23.9 Å². The maximum atomic E-state index is 16.8. The van der Waals surface area contributed by atoms with Crippen LogP contribution in [0.5, 0.6) is 0 Å². The molecule has 4 aromatic heterocycles. The zero-order valence-electron chi connectivity index (χ0n) is 32.9. The number of nitriles is 1. The first-order valence-corrected chi connectivity index (χ1v) is 23.5. The lowest BCUT2D eigenvalue weighted by atomic mass is 10.1. The summed E-state index contributed by atoms with van der Waals surface area (Å²) >= 11 is 10.8. The summed E-state index contributed by atoms with van der Waals surface area (Å²) in [6, 6.07) is 10.1. The van der Waals surface area contributed by atoms with E-state index in [4.69, 9.17) is 55.7 Å². The number of nitrogens with one attached hydrogen (secondary N) is 3. The third-order valence-electron chi connectivity index (χ3n) is 9.40. The highest BCUT2D eigenvalue weighted by molar-refractivity contribution is 8.07. The Balaban J connectivity index is 0.00000595. The van der Waals surface area contributed by atoms with Crippen molar-refractivity contribution in [3.63, 3.8) is 0 Å². The number of halogens is 2. The van der Waals surface area contributed by atoms with Crippen LogP contribution >= 0.6 is 13.4 Å². The van der Waals surface area contributed by atoms with E-state index < -0.39 is 99.2 Å². The van der Waals surface area contributed by atoms with Gasteiger partial charge in [0, 0.05) is 11.5 Å². The highest BCUT2D eigenvalue weighted by Crippen LogP contribution is 2.56. The Labute approximate surface area is 363 Å². The number of hydrogen-bond donors (Lipinski definition) is 4. The molecule has 2 unspecified atom stereocenters. The van der Waals surface area contributed by atoms with Crippen LogP contribution in [-0.2, 0) is 60.5 Å². The number of aromatic nitrogens is 10. The molecule has 5 aromatic rings. The van der Waals surface area contributed by atoms with E-state index in [0.717, 1.165) is 15.7 Å². The van der Waals surface area contributed by atoms with Crippen LogP contribution in [0.25, 0.3) is 22.3 Å². The molecule has 1 aromatic carbocycles. The Morgan fingerprint density at radius 2 is 1.68 bits per heavy atom. The maximum absolute atomic E-state index is 16.8. The van der Waals surface area contributed by atoms with Gasteiger partial charge in [0.25, 0.3) is 11.5 Å². The summed E-state index contributed by atoms with van der Waals surface area (Å²) in [5.41, 5.74) is -1.26. The molecule has 0 aliphatic carbocycles. The zero-order chi connectivity index (χ0) is 43.9. The lowest BCUT2D eigenvalue weighted by molar-refractivity contribution is -0.218. The van der Waals surface area contributed by atoms with Gasteiger partial charge in [0.1, 0.15) is 37.5 Å². The van der Waals surface area contributed by atoms with Crippen LogP contribution in [-0.4, -0.2) is 118 Å². The van der Waals surface area contributed by atoms with E-state index in [2.05, 4.69) is 51.2 Å². The molecular formula is C32H36F2N14O11P2S2. The first kappa shape index (κ1) is 46.2. The number of hydrogen-bond acceptors (Lipinski definition) is 21. The van der Waals surface area contributed by atoms with Gasteiger partial charge in [-0.1, -0.05) is 54.3 Å². The molecule has 0 saturated carbocycles. The van der Waals surface area contributed by atoms with Crippen molar-refractivity contribution >= 4 is 83.0 Å². The van der Waals surface area contributed by atoms with E-state index in [-0.39, 0.29) is 53.3 Å². The van der Waals surface area contributed by atoms with E-state index in [0.29, 0.717) is 5.56 Å². The fourth-order valence-corrected chi connectivity index (χ4v) is 9.86. The average molecular weight is 957 g/mol. The Morgan fingerprint density at radius 1 is 0.984 bits per heavy atom. The van der Waals surface area contributed by atoms with Crippen LogP contribution in [0.4, 0.5) is 20.5 Å². The number of nitrogens with zero attached hydrogens (tertiary/aromatic N) is 10. The summed E-state index contributed by atoms with van der Waals surface area (Å²) in [6.45, 7) is -7.71. The van der Waals surface area contributed by atoms with Crippen LogP contribution in [0.2, 0.25) is 0 Å². The van der Waals surface area contributed by atoms with E-state index in [1.54, 1.807) is 44.2 Å². The molecule has 3 saturated heterocycles. The van der Waals surface area contributed by atoms with Crippen molar-refractivity contribution in [1.29, 1.82) is 5.26 Å². The number of anilines is 2. The standard InChI is InChI=1S/C32H33F2N13O11P2S2.H3N/c1-14(2)27(48)40-32-39-26-21(29(50)41-32)43-45-47(26)31-23-18(33)16(55-31)11-54-60(62,52-10-6-9-35)58-22-17(12-53-59(51,61)57-23)56-30(19(22)34)46-25-20(42-44-46)24(36-13-37-25)38-28(49)15-7-4-3-5-8-15;/h3-5,7-8,13-14,16-19,22-23,30-31H,6,10-12H2,1-2H3,(H,51,61)(H,36,37,38,49)(H2,39,40,41,48,50);1H3/t16-,17-,18-,19+,22-,23+,30-,31-,59?,60?;/m1./s1. The molecule has 2 amide bonds. The number of amides is 2. The van der Waals surface area contributed by atoms with Crippen LogP contribution in [0.3, 0.4) is 0 Å². The van der Waals surface area contributed by atoms with Crippen LogP contribution in [0.15, 0.2) is 41.5 Å². The van der Waals surface area contributed by atoms with E-state index in [1.165, 1.54) is 0 Å². The van der Waals surface area contributed by atoms with Crippen molar-refractivity contribution in [1.82, 2.24) is 56.1 Å². The monoisotopic (exact) mass is 956 g/mol. The number of quaternary nitrogens is 1.